The second-order valence-electron chi connectivity index (χ2n) is 6.13. The molecular weight excluding hydrogens is 342 g/mol. The zero-order chi connectivity index (χ0) is 19.0. The summed E-state index contributed by atoms with van der Waals surface area (Å²) in [5.41, 5.74) is 2.67. The maximum absolute atomic E-state index is 13.4. The first-order valence-corrected chi connectivity index (χ1v) is 7.85. The number of anilines is 1. The number of phenols is 1. The van der Waals surface area contributed by atoms with E-state index in [1.807, 2.05) is 32.0 Å². The average molecular weight is 358 g/mol. The number of hydrogen-bond acceptors (Lipinski definition) is 4. The third-order valence-electron chi connectivity index (χ3n) is 4.13. The Hall–Kier alpha value is -3.22. The van der Waals surface area contributed by atoms with Crippen molar-refractivity contribution in [2.75, 3.05) is 5.32 Å². The van der Waals surface area contributed by atoms with Gasteiger partial charge in [-0.25, -0.2) is 8.78 Å². The van der Waals surface area contributed by atoms with Gasteiger partial charge in [-0.15, -0.1) is 0 Å². The lowest BCUT2D eigenvalue weighted by Gasteiger charge is -2.17. The molecule has 0 radical (unpaired) electrons. The number of phenolic OH excluding ortho intramolecular Hbond substituents is 1. The quantitative estimate of drug-likeness (QED) is 0.651. The molecule has 1 heterocycles. The number of halogens is 2. The fourth-order valence-electron chi connectivity index (χ4n) is 2.73. The van der Waals surface area contributed by atoms with E-state index in [4.69, 9.17) is 5.11 Å². The van der Waals surface area contributed by atoms with Crippen LogP contribution >= 0.6 is 0 Å². The third-order valence-corrected chi connectivity index (χ3v) is 4.13. The molecule has 5 nitrogen and oxygen atoms in total. The number of carbonyl (C=O) groups excluding carboxylic acids is 2. The van der Waals surface area contributed by atoms with E-state index in [0.29, 0.717) is 0 Å². The number of nitrogens with zero attached hydrogens (tertiary/aromatic N) is 1. The second kappa shape index (κ2) is 6.59. The number of rotatable bonds is 4. The van der Waals surface area contributed by atoms with Gasteiger partial charge >= 0.3 is 0 Å². The number of imide groups is 1. The summed E-state index contributed by atoms with van der Waals surface area (Å²) in [4.78, 5) is 25.7. The maximum atomic E-state index is 13.4. The molecule has 2 N–H and O–H groups in total. The molecule has 1 aliphatic heterocycles. The van der Waals surface area contributed by atoms with Gasteiger partial charge in [0.2, 0.25) is 0 Å². The standard InChI is InChI=1S/C19H16F2N2O3/c1-10-3-4-12(11(2)5-10)9-23-17(24)8-16(19(23)26)22-13-6-14(20)18(25)15(21)7-13/h3-8,22,25H,9H2,1-2H3. The van der Waals surface area contributed by atoms with Gasteiger partial charge in [0.1, 0.15) is 5.70 Å². The summed E-state index contributed by atoms with van der Waals surface area (Å²) in [6, 6.07) is 7.37. The molecule has 0 saturated heterocycles. The van der Waals surface area contributed by atoms with Crippen molar-refractivity contribution >= 4 is 17.5 Å². The Balaban J connectivity index is 1.79. The number of aromatic hydroxyl groups is 1. The summed E-state index contributed by atoms with van der Waals surface area (Å²) in [7, 11) is 0. The molecule has 2 aromatic carbocycles. The number of amides is 2. The number of aryl methyl sites for hydroxylation is 2. The van der Waals surface area contributed by atoms with Gasteiger partial charge in [-0.3, -0.25) is 14.5 Å². The van der Waals surface area contributed by atoms with Gasteiger partial charge in [0.15, 0.2) is 17.4 Å². The highest BCUT2D eigenvalue weighted by molar-refractivity contribution is 6.17. The number of carbonyl (C=O) groups is 2. The molecule has 0 spiro atoms. The fraction of sp³-hybridized carbons (Fsp3) is 0.158. The minimum absolute atomic E-state index is 0.0847. The van der Waals surface area contributed by atoms with Gasteiger partial charge in [-0.1, -0.05) is 23.8 Å². The van der Waals surface area contributed by atoms with Crippen LogP contribution in [0.5, 0.6) is 5.75 Å². The first-order valence-electron chi connectivity index (χ1n) is 7.85. The zero-order valence-corrected chi connectivity index (χ0v) is 14.1. The Labute approximate surface area is 148 Å². The van der Waals surface area contributed by atoms with Crippen LogP contribution in [0, 0.1) is 25.5 Å². The van der Waals surface area contributed by atoms with E-state index in [1.165, 1.54) is 0 Å². The largest absolute Gasteiger partial charge is 0.503 e. The van der Waals surface area contributed by atoms with Gasteiger partial charge in [-0.05, 0) is 25.0 Å². The lowest BCUT2D eigenvalue weighted by Crippen LogP contribution is -2.31. The van der Waals surface area contributed by atoms with Crippen LogP contribution in [0.3, 0.4) is 0 Å². The van der Waals surface area contributed by atoms with E-state index >= 15 is 0 Å². The molecule has 1 aliphatic rings. The summed E-state index contributed by atoms with van der Waals surface area (Å²) >= 11 is 0. The van der Waals surface area contributed by atoms with Gasteiger partial charge in [-0.2, -0.15) is 0 Å². The van der Waals surface area contributed by atoms with Crippen molar-refractivity contribution in [1.29, 1.82) is 0 Å². The average Bonchev–Trinajstić information content (AvgIpc) is 2.82. The molecule has 2 aromatic rings. The topological polar surface area (TPSA) is 69.6 Å². The molecule has 2 amide bonds. The molecule has 3 rings (SSSR count). The molecular formula is C19H16F2N2O3. The van der Waals surface area contributed by atoms with E-state index in [-0.39, 0.29) is 17.9 Å². The number of benzene rings is 2. The summed E-state index contributed by atoms with van der Waals surface area (Å²) in [6.07, 6.45) is 1.08. The highest BCUT2D eigenvalue weighted by Crippen LogP contribution is 2.26. The van der Waals surface area contributed by atoms with E-state index in [0.717, 1.165) is 39.8 Å². The molecule has 0 unspecified atom stereocenters. The summed E-state index contributed by atoms with van der Waals surface area (Å²) in [5.74, 6) is -4.55. The first kappa shape index (κ1) is 17.6. The van der Waals surface area contributed by atoms with Gasteiger partial charge in [0.05, 0.1) is 6.54 Å². The molecule has 7 heteroatoms. The van der Waals surface area contributed by atoms with Gasteiger partial charge in [0.25, 0.3) is 11.8 Å². The molecule has 0 atom stereocenters. The molecule has 26 heavy (non-hydrogen) atoms. The summed E-state index contributed by atoms with van der Waals surface area (Å²) in [5, 5.41) is 11.6. The Morgan fingerprint density at radius 2 is 1.73 bits per heavy atom. The van der Waals surface area contributed by atoms with Crippen molar-refractivity contribution < 1.29 is 23.5 Å². The van der Waals surface area contributed by atoms with Crippen LogP contribution in [0.15, 0.2) is 42.1 Å². The normalized spacial score (nSPS) is 14.0. The third kappa shape index (κ3) is 3.28. The van der Waals surface area contributed by atoms with Crippen molar-refractivity contribution in [3.05, 3.63) is 70.4 Å². The molecule has 0 aliphatic carbocycles. The van der Waals surface area contributed by atoms with Crippen molar-refractivity contribution in [3.63, 3.8) is 0 Å². The maximum Gasteiger partial charge on any atom is 0.277 e. The Morgan fingerprint density at radius 3 is 2.35 bits per heavy atom. The van der Waals surface area contributed by atoms with Crippen molar-refractivity contribution in [2.24, 2.45) is 0 Å². The Bertz CT molecular complexity index is 931. The predicted octanol–water partition coefficient (Wildman–Crippen LogP) is 3.15. The lowest BCUT2D eigenvalue weighted by molar-refractivity contribution is -0.137. The van der Waals surface area contributed by atoms with Crippen molar-refractivity contribution in [1.82, 2.24) is 4.90 Å². The number of nitrogens with one attached hydrogen (secondary N) is 1. The zero-order valence-electron chi connectivity index (χ0n) is 14.1. The van der Waals surface area contributed by atoms with Crippen LogP contribution in [0.2, 0.25) is 0 Å². The van der Waals surface area contributed by atoms with Gasteiger partial charge in [0, 0.05) is 23.9 Å². The highest BCUT2D eigenvalue weighted by Gasteiger charge is 2.31. The Kier molecular flexibility index (Phi) is 4.46. The summed E-state index contributed by atoms with van der Waals surface area (Å²) < 4.78 is 26.8. The fourth-order valence-corrected chi connectivity index (χ4v) is 2.73. The van der Waals surface area contributed by atoms with E-state index in [2.05, 4.69) is 5.32 Å². The molecule has 0 fully saturated rings. The van der Waals surface area contributed by atoms with Crippen molar-refractivity contribution in [3.8, 4) is 5.75 Å². The van der Waals surface area contributed by atoms with Crippen LogP contribution in [-0.4, -0.2) is 21.8 Å². The van der Waals surface area contributed by atoms with Crippen molar-refractivity contribution in [2.45, 2.75) is 20.4 Å². The molecule has 0 aromatic heterocycles. The number of hydrogen-bond donors (Lipinski definition) is 2. The molecule has 0 bridgehead atoms. The first-order chi connectivity index (χ1) is 12.3. The smallest absolute Gasteiger partial charge is 0.277 e. The van der Waals surface area contributed by atoms with Crippen LogP contribution in [0.4, 0.5) is 14.5 Å². The van der Waals surface area contributed by atoms with Crippen LogP contribution < -0.4 is 5.32 Å². The van der Waals surface area contributed by atoms with Crippen LogP contribution in [-0.2, 0) is 16.1 Å². The molecule has 0 saturated carbocycles. The SMILES string of the molecule is Cc1ccc(CN2C(=O)C=C(Nc3cc(F)c(O)c(F)c3)C2=O)c(C)c1. The van der Waals surface area contributed by atoms with Crippen LogP contribution in [0.1, 0.15) is 16.7 Å². The Morgan fingerprint density at radius 1 is 1.08 bits per heavy atom. The minimum Gasteiger partial charge on any atom is -0.503 e. The van der Waals surface area contributed by atoms with E-state index in [9.17, 15) is 18.4 Å². The highest BCUT2D eigenvalue weighted by atomic mass is 19.1. The minimum atomic E-state index is -1.17. The predicted molar refractivity (Wildman–Crippen MR) is 91.2 cm³/mol. The van der Waals surface area contributed by atoms with Gasteiger partial charge < -0.3 is 10.4 Å². The lowest BCUT2D eigenvalue weighted by atomic mass is 10.1. The molecule has 134 valence electrons. The second-order valence-corrected chi connectivity index (χ2v) is 6.13. The summed E-state index contributed by atoms with van der Waals surface area (Å²) in [6.45, 7) is 3.94. The van der Waals surface area contributed by atoms with Crippen LogP contribution in [0.25, 0.3) is 0 Å². The van der Waals surface area contributed by atoms with E-state index < -0.39 is 29.2 Å². The van der Waals surface area contributed by atoms with E-state index in [1.54, 1.807) is 0 Å². The monoisotopic (exact) mass is 358 g/mol.